The number of aliphatic hydroxyl groups is 1. The van der Waals surface area contributed by atoms with Gasteiger partial charge in [-0.1, -0.05) is 0 Å². The smallest absolute Gasteiger partial charge is 0.137 e. The zero-order valence-electron chi connectivity index (χ0n) is 9.57. The van der Waals surface area contributed by atoms with Gasteiger partial charge in [0.1, 0.15) is 11.2 Å². The highest BCUT2D eigenvalue weighted by molar-refractivity contribution is 5.46. The quantitative estimate of drug-likeness (QED) is 0.773. The Bertz CT molecular complexity index is 506. The molecule has 1 N–H and O–H groups in total. The normalized spacial score (nSPS) is 12.3. The summed E-state index contributed by atoms with van der Waals surface area (Å²) in [6, 6.07) is 4.05. The molecule has 80 valence electrons. The number of rotatable bonds is 1. The average Bonchev–Trinajstić information content (AvgIpc) is 2.42. The van der Waals surface area contributed by atoms with Crippen LogP contribution < -0.4 is 0 Å². The first kappa shape index (κ1) is 10.2. The molecule has 0 atom stereocenters. The zero-order valence-corrected chi connectivity index (χ0v) is 9.57. The first-order valence-electron chi connectivity index (χ1n) is 5.08. The van der Waals surface area contributed by atoms with Crippen molar-refractivity contribution in [1.29, 1.82) is 0 Å². The van der Waals surface area contributed by atoms with Gasteiger partial charge in [-0.3, -0.25) is 0 Å². The van der Waals surface area contributed by atoms with Crippen LogP contribution in [0, 0.1) is 13.8 Å². The highest BCUT2D eigenvalue weighted by Crippen LogP contribution is 2.23. The summed E-state index contributed by atoms with van der Waals surface area (Å²) in [5, 5.41) is 9.96. The Morgan fingerprint density at radius 2 is 2.00 bits per heavy atom. The predicted octanol–water partition coefficient (Wildman–Crippen LogP) is 2.18. The first-order valence-corrected chi connectivity index (χ1v) is 5.08. The summed E-state index contributed by atoms with van der Waals surface area (Å²) in [7, 11) is 0. The van der Waals surface area contributed by atoms with E-state index in [-0.39, 0.29) is 0 Å². The van der Waals surface area contributed by atoms with Crippen molar-refractivity contribution >= 4 is 5.65 Å². The second kappa shape index (κ2) is 3.07. The summed E-state index contributed by atoms with van der Waals surface area (Å²) in [4.78, 5) is 4.46. The van der Waals surface area contributed by atoms with E-state index in [9.17, 15) is 5.11 Å². The fourth-order valence-electron chi connectivity index (χ4n) is 1.85. The van der Waals surface area contributed by atoms with Gasteiger partial charge in [-0.2, -0.15) is 0 Å². The van der Waals surface area contributed by atoms with E-state index < -0.39 is 5.60 Å². The summed E-state index contributed by atoms with van der Waals surface area (Å²) in [5.74, 6) is 0. The number of nitrogens with zero attached hydrogens (tertiary/aromatic N) is 2. The lowest BCUT2D eigenvalue weighted by Gasteiger charge is -2.14. The Balaban J connectivity index is 2.75. The molecule has 3 nitrogen and oxygen atoms in total. The molecule has 0 aliphatic carbocycles. The number of pyridine rings is 1. The van der Waals surface area contributed by atoms with Crippen LogP contribution in [0.3, 0.4) is 0 Å². The van der Waals surface area contributed by atoms with E-state index in [1.807, 2.05) is 36.6 Å². The molecule has 0 bridgehead atoms. The summed E-state index contributed by atoms with van der Waals surface area (Å²) in [6.07, 6.45) is 1.99. The Labute approximate surface area is 89.4 Å². The molecule has 0 spiro atoms. The standard InChI is InChI=1S/C12H16N2O/c1-8-5-6-14-9(2)11(12(3,4)15)13-10(14)7-8/h5-7,15H,1-4H3. The van der Waals surface area contributed by atoms with Crippen LogP contribution in [-0.2, 0) is 5.60 Å². The van der Waals surface area contributed by atoms with Gasteiger partial charge in [0.2, 0.25) is 0 Å². The van der Waals surface area contributed by atoms with Gasteiger partial charge in [0, 0.05) is 11.9 Å². The van der Waals surface area contributed by atoms with Crippen LogP contribution >= 0.6 is 0 Å². The van der Waals surface area contributed by atoms with Crippen LogP contribution in [-0.4, -0.2) is 14.5 Å². The third kappa shape index (κ3) is 1.63. The fourth-order valence-corrected chi connectivity index (χ4v) is 1.85. The van der Waals surface area contributed by atoms with Gasteiger partial charge in [0.05, 0.1) is 5.69 Å². The van der Waals surface area contributed by atoms with E-state index in [1.165, 1.54) is 5.56 Å². The molecular formula is C12H16N2O. The largest absolute Gasteiger partial charge is 0.384 e. The van der Waals surface area contributed by atoms with Gasteiger partial charge >= 0.3 is 0 Å². The van der Waals surface area contributed by atoms with Crippen molar-refractivity contribution in [3.8, 4) is 0 Å². The minimum atomic E-state index is -0.885. The van der Waals surface area contributed by atoms with Crippen LogP contribution in [0.15, 0.2) is 18.3 Å². The maximum Gasteiger partial charge on any atom is 0.137 e. The number of aryl methyl sites for hydroxylation is 2. The molecule has 2 heterocycles. The van der Waals surface area contributed by atoms with Crippen molar-refractivity contribution < 1.29 is 5.11 Å². The molecule has 0 radical (unpaired) electrons. The molecule has 2 aromatic rings. The lowest BCUT2D eigenvalue weighted by Crippen LogP contribution is -2.17. The molecule has 0 fully saturated rings. The van der Waals surface area contributed by atoms with Crippen molar-refractivity contribution in [2.45, 2.75) is 33.3 Å². The van der Waals surface area contributed by atoms with Crippen LogP contribution in [0.25, 0.3) is 5.65 Å². The van der Waals surface area contributed by atoms with Crippen LogP contribution in [0.5, 0.6) is 0 Å². The van der Waals surface area contributed by atoms with Crippen LogP contribution in [0.4, 0.5) is 0 Å². The van der Waals surface area contributed by atoms with Crippen LogP contribution in [0.1, 0.15) is 30.8 Å². The highest BCUT2D eigenvalue weighted by Gasteiger charge is 2.23. The third-order valence-corrected chi connectivity index (χ3v) is 2.60. The summed E-state index contributed by atoms with van der Waals surface area (Å²) in [5.41, 5.74) is 2.93. The molecule has 0 saturated heterocycles. The first-order chi connectivity index (χ1) is 6.89. The van der Waals surface area contributed by atoms with Gasteiger partial charge in [0.15, 0.2) is 0 Å². The highest BCUT2D eigenvalue weighted by atomic mass is 16.3. The zero-order chi connectivity index (χ0) is 11.2. The van der Waals surface area contributed by atoms with Crippen molar-refractivity contribution in [2.24, 2.45) is 0 Å². The summed E-state index contributed by atoms with van der Waals surface area (Å²) >= 11 is 0. The van der Waals surface area contributed by atoms with Gasteiger partial charge in [-0.25, -0.2) is 4.98 Å². The molecule has 15 heavy (non-hydrogen) atoms. The van der Waals surface area contributed by atoms with Gasteiger partial charge in [-0.05, 0) is 45.4 Å². The number of hydrogen-bond donors (Lipinski definition) is 1. The Morgan fingerprint density at radius 1 is 1.33 bits per heavy atom. The Morgan fingerprint density at radius 3 is 2.60 bits per heavy atom. The van der Waals surface area contributed by atoms with E-state index in [4.69, 9.17) is 0 Å². The molecule has 3 heteroatoms. The van der Waals surface area contributed by atoms with Crippen molar-refractivity contribution in [1.82, 2.24) is 9.38 Å². The molecule has 2 rings (SSSR count). The molecular weight excluding hydrogens is 188 g/mol. The molecule has 0 aliphatic rings. The van der Waals surface area contributed by atoms with E-state index in [1.54, 1.807) is 13.8 Å². The molecule has 2 aromatic heterocycles. The van der Waals surface area contributed by atoms with Crippen molar-refractivity contribution in [3.63, 3.8) is 0 Å². The van der Waals surface area contributed by atoms with Gasteiger partial charge in [0.25, 0.3) is 0 Å². The minimum Gasteiger partial charge on any atom is -0.384 e. The molecule has 0 unspecified atom stereocenters. The maximum atomic E-state index is 9.96. The molecule has 0 saturated carbocycles. The van der Waals surface area contributed by atoms with E-state index in [0.717, 1.165) is 17.0 Å². The summed E-state index contributed by atoms with van der Waals surface area (Å²) in [6.45, 7) is 7.53. The van der Waals surface area contributed by atoms with E-state index in [0.29, 0.717) is 0 Å². The molecule has 0 aliphatic heterocycles. The monoisotopic (exact) mass is 204 g/mol. The minimum absolute atomic E-state index is 0.744. The lowest BCUT2D eigenvalue weighted by atomic mass is 10.0. The molecule has 0 amide bonds. The van der Waals surface area contributed by atoms with Crippen LogP contribution in [0.2, 0.25) is 0 Å². The SMILES string of the molecule is Cc1ccn2c(C)c(C(C)(C)O)nc2c1. The Hall–Kier alpha value is -1.35. The van der Waals surface area contributed by atoms with Gasteiger partial charge in [-0.15, -0.1) is 0 Å². The fraction of sp³-hybridized carbons (Fsp3) is 0.417. The lowest BCUT2D eigenvalue weighted by molar-refractivity contribution is 0.0737. The second-order valence-electron chi connectivity index (χ2n) is 4.54. The number of fused-ring (bicyclic) bond motifs is 1. The summed E-state index contributed by atoms with van der Waals surface area (Å²) < 4.78 is 2.00. The van der Waals surface area contributed by atoms with Gasteiger partial charge < -0.3 is 9.51 Å². The number of hydrogen-bond acceptors (Lipinski definition) is 2. The number of aromatic nitrogens is 2. The van der Waals surface area contributed by atoms with Crippen molar-refractivity contribution in [3.05, 3.63) is 35.3 Å². The third-order valence-electron chi connectivity index (χ3n) is 2.60. The maximum absolute atomic E-state index is 9.96. The average molecular weight is 204 g/mol. The predicted molar refractivity (Wildman–Crippen MR) is 59.9 cm³/mol. The Kier molecular flexibility index (Phi) is 2.08. The topological polar surface area (TPSA) is 37.5 Å². The molecule has 0 aromatic carbocycles. The van der Waals surface area contributed by atoms with E-state index in [2.05, 4.69) is 4.98 Å². The van der Waals surface area contributed by atoms with E-state index >= 15 is 0 Å². The second-order valence-corrected chi connectivity index (χ2v) is 4.54. The van der Waals surface area contributed by atoms with Crippen molar-refractivity contribution in [2.75, 3.05) is 0 Å². The number of imidazole rings is 1.